The molecular formula is C23H26N4O3. The molecule has 3 aromatic rings. The van der Waals surface area contributed by atoms with Crippen LogP contribution in [0.15, 0.2) is 71.8 Å². The number of pyridine rings is 2. The van der Waals surface area contributed by atoms with Crippen LogP contribution >= 0.6 is 0 Å². The van der Waals surface area contributed by atoms with Crippen LogP contribution in [0.4, 0.5) is 0 Å². The quantitative estimate of drug-likeness (QED) is 0.526. The summed E-state index contributed by atoms with van der Waals surface area (Å²) in [6.45, 7) is 2.27. The van der Waals surface area contributed by atoms with E-state index < -0.39 is 12.1 Å². The molecule has 2 unspecified atom stereocenters. The molecule has 2 atom stereocenters. The Balaban J connectivity index is 1.91. The van der Waals surface area contributed by atoms with Crippen LogP contribution in [0.25, 0.3) is 11.3 Å². The van der Waals surface area contributed by atoms with E-state index in [0.717, 1.165) is 5.56 Å². The third-order valence-electron chi connectivity index (χ3n) is 4.95. The van der Waals surface area contributed by atoms with Gasteiger partial charge in [0.1, 0.15) is 0 Å². The van der Waals surface area contributed by atoms with Crippen molar-refractivity contribution in [3.8, 4) is 11.3 Å². The van der Waals surface area contributed by atoms with Crippen LogP contribution in [0.5, 0.6) is 0 Å². The van der Waals surface area contributed by atoms with Gasteiger partial charge in [0, 0.05) is 25.5 Å². The zero-order chi connectivity index (χ0) is 21.5. The molecular weight excluding hydrogens is 380 g/mol. The van der Waals surface area contributed by atoms with Crippen LogP contribution < -0.4 is 16.6 Å². The Morgan fingerprint density at radius 3 is 2.57 bits per heavy atom. The molecule has 0 fully saturated rings. The monoisotopic (exact) mass is 406 g/mol. The number of aliphatic hydroxyl groups excluding tert-OH is 1. The van der Waals surface area contributed by atoms with E-state index in [1.165, 1.54) is 10.8 Å². The highest BCUT2D eigenvalue weighted by molar-refractivity contribution is 5.95. The predicted molar refractivity (Wildman–Crippen MR) is 116 cm³/mol. The van der Waals surface area contributed by atoms with Gasteiger partial charge in [-0.1, -0.05) is 36.4 Å². The second-order valence-corrected chi connectivity index (χ2v) is 7.02. The van der Waals surface area contributed by atoms with Crippen LogP contribution in [-0.4, -0.2) is 39.3 Å². The molecule has 0 bridgehead atoms. The summed E-state index contributed by atoms with van der Waals surface area (Å²) >= 11 is 0. The molecule has 2 aromatic heterocycles. The Kier molecular flexibility index (Phi) is 7.11. The first-order valence-electron chi connectivity index (χ1n) is 9.92. The van der Waals surface area contributed by atoms with Crippen molar-refractivity contribution in [2.75, 3.05) is 6.54 Å². The standard InChI is InChI=1S/C23H26N4O3/c1-2-27-15-17(13-18(23(27)30)19-10-6-7-11-25-19)22(29)26-20(21(28)14-24)12-16-8-4-3-5-9-16/h3-11,13,15,20-21,28H,2,12,14,24H2,1H3,(H,26,29). The Bertz CT molecular complexity index is 1040. The van der Waals surface area contributed by atoms with Gasteiger partial charge in [0.05, 0.1) is 29.0 Å². The lowest BCUT2D eigenvalue weighted by molar-refractivity contribution is 0.0845. The van der Waals surface area contributed by atoms with Crippen LogP contribution in [0.3, 0.4) is 0 Å². The number of hydrogen-bond donors (Lipinski definition) is 3. The van der Waals surface area contributed by atoms with E-state index >= 15 is 0 Å². The lowest BCUT2D eigenvalue weighted by atomic mass is 10.0. The molecule has 0 saturated heterocycles. The zero-order valence-electron chi connectivity index (χ0n) is 16.9. The average Bonchev–Trinajstić information content (AvgIpc) is 2.79. The van der Waals surface area contributed by atoms with Gasteiger partial charge < -0.3 is 20.7 Å². The van der Waals surface area contributed by atoms with E-state index in [4.69, 9.17) is 5.73 Å². The molecule has 0 aliphatic rings. The number of nitrogens with one attached hydrogen (secondary N) is 1. The maximum absolute atomic E-state index is 13.0. The highest BCUT2D eigenvalue weighted by Gasteiger charge is 2.22. The summed E-state index contributed by atoms with van der Waals surface area (Å²) in [6, 6.07) is 15.8. The number of aromatic nitrogens is 2. The zero-order valence-corrected chi connectivity index (χ0v) is 16.9. The molecule has 7 nitrogen and oxygen atoms in total. The maximum Gasteiger partial charge on any atom is 0.260 e. The van der Waals surface area contributed by atoms with Gasteiger partial charge in [-0.05, 0) is 37.1 Å². The third kappa shape index (κ3) is 5.00. The van der Waals surface area contributed by atoms with Gasteiger partial charge in [-0.15, -0.1) is 0 Å². The van der Waals surface area contributed by atoms with Gasteiger partial charge in [0.2, 0.25) is 0 Å². The Morgan fingerprint density at radius 2 is 1.93 bits per heavy atom. The molecule has 0 radical (unpaired) electrons. The fourth-order valence-corrected chi connectivity index (χ4v) is 3.27. The topological polar surface area (TPSA) is 110 Å². The number of rotatable bonds is 8. The molecule has 2 heterocycles. The van der Waals surface area contributed by atoms with E-state index in [1.54, 1.807) is 30.5 Å². The Morgan fingerprint density at radius 1 is 1.20 bits per heavy atom. The van der Waals surface area contributed by atoms with Crippen molar-refractivity contribution in [3.63, 3.8) is 0 Å². The normalized spacial score (nSPS) is 12.9. The average molecular weight is 406 g/mol. The number of aliphatic hydroxyl groups is 1. The van der Waals surface area contributed by atoms with E-state index in [0.29, 0.717) is 29.8 Å². The fourth-order valence-electron chi connectivity index (χ4n) is 3.27. The first-order chi connectivity index (χ1) is 14.5. The van der Waals surface area contributed by atoms with E-state index in [9.17, 15) is 14.7 Å². The summed E-state index contributed by atoms with van der Waals surface area (Å²) < 4.78 is 1.48. The van der Waals surface area contributed by atoms with Crippen molar-refractivity contribution in [3.05, 3.63) is 88.5 Å². The summed E-state index contributed by atoms with van der Waals surface area (Å²) in [5.41, 5.74) is 7.59. The summed E-state index contributed by atoms with van der Waals surface area (Å²) in [5, 5.41) is 13.2. The molecule has 156 valence electrons. The molecule has 1 aromatic carbocycles. The van der Waals surface area contributed by atoms with Crippen molar-refractivity contribution >= 4 is 5.91 Å². The first-order valence-corrected chi connectivity index (χ1v) is 9.92. The van der Waals surface area contributed by atoms with Gasteiger partial charge in [-0.3, -0.25) is 14.6 Å². The van der Waals surface area contributed by atoms with Crippen molar-refractivity contribution < 1.29 is 9.90 Å². The van der Waals surface area contributed by atoms with Crippen molar-refractivity contribution in [1.29, 1.82) is 0 Å². The van der Waals surface area contributed by atoms with E-state index in [-0.39, 0.29) is 18.0 Å². The number of carbonyl (C=O) groups excluding carboxylic acids is 1. The van der Waals surface area contributed by atoms with Crippen molar-refractivity contribution in [1.82, 2.24) is 14.9 Å². The highest BCUT2D eigenvalue weighted by Crippen LogP contribution is 2.15. The second kappa shape index (κ2) is 9.96. The number of aryl methyl sites for hydroxylation is 1. The minimum Gasteiger partial charge on any atom is -0.390 e. The molecule has 0 aliphatic heterocycles. The minimum absolute atomic E-state index is 0.0193. The number of hydrogen-bond acceptors (Lipinski definition) is 5. The molecule has 0 aliphatic carbocycles. The molecule has 4 N–H and O–H groups in total. The maximum atomic E-state index is 13.0. The van der Waals surface area contributed by atoms with E-state index in [1.807, 2.05) is 37.3 Å². The SMILES string of the molecule is CCn1cc(C(=O)NC(Cc2ccccc2)C(O)CN)cc(-c2ccccn2)c1=O. The second-order valence-electron chi connectivity index (χ2n) is 7.02. The molecule has 0 saturated carbocycles. The van der Waals surface area contributed by atoms with E-state index in [2.05, 4.69) is 10.3 Å². The summed E-state index contributed by atoms with van der Waals surface area (Å²) in [7, 11) is 0. The third-order valence-corrected chi connectivity index (χ3v) is 4.95. The van der Waals surface area contributed by atoms with Crippen LogP contribution in [0.2, 0.25) is 0 Å². The van der Waals surface area contributed by atoms with Crippen LogP contribution in [-0.2, 0) is 13.0 Å². The summed E-state index contributed by atoms with van der Waals surface area (Å²) in [6.07, 6.45) is 2.66. The molecule has 3 rings (SSSR count). The molecule has 30 heavy (non-hydrogen) atoms. The first kappa shape index (κ1) is 21.4. The van der Waals surface area contributed by atoms with Crippen molar-refractivity contribution in [2.45, 2.75) is 32.0 Å². The minimum atomic E-state index is -0.901. The number of nitrogens with two attached hydrogens (primary N) is 1. The number of nitrogens with zero attached hydrogens (tertiary/aromatic N) is 2. The largest absolute Gasteiger partial charge is 0.390 e. The lowest BCUT2D eigenvalue weighted by Gasteiger charge is -2.23. The smallest absolute Gasteiger partial charge is 0.260 e. The van der Waals surface area contributed by atoms with Crippen LogP contribution in [0, 0.1) is 0 Å². The predicted octanol–water partition coefficient (Wildman–Crippen LogP) is 1.59. The number of carbonyl (C=O) groups is 1. The van der Waals surface area contributed by atoms with Gasteiger partial charge in [0.15, 0.2) is 0 Å². The fraction of sp³-hybridized carbons (Fsp3) is 0.261. The number of benzene rings is 1. The van der Waals surface area contributed by atoms with Gasteiger partial charge in [0.25, 0.3) is 11.5 Å². The Hall–Kier alpha value is -3.29. The summed E-state index contributed by atoms with van der Waals surface area (Å²) in [5.74, 6) is -0.386. The Labute approximate surface area is 175 Å². The van der Waals surface area contributed by atoms with Crippen molar-refractivity contribution in [2.24, 2.45) is 5.73 Å². The van der Waals surface area contributed by atoms with Gasteiger partial charge >= 0.3 is 0 Å². The number of amides is 1. The van der Waals surface area contributed by atoms with Gasteiger partial charge in [-0.2, -0.15) is 0 Å². The summed E-state index contributed by atoms with van der Waals surface area (Å²) in [4.78, 5) is 30.0. The molecule has 1 amide bonds. The molecule has 7 heteroatoms. The van der Waals surface area contributed by atoms with Crippen LogP contribution in [0.1, 0.15) is 22.8 Å². The molecule has 0 spiro atoms. The highest BCUT2D eigenvalue weighted by atomic mass is 16.3. The lowest BCUT2D eigenvalue weighted by Crippen LogP contribution is -2.48. The van der Waals surface area contributed by atoms with Gasteiger partial charge in [-0.25, -0.2) is 0 Å².